The third-order valence-corrected chi connectivity index (χ3v) is 3.74. The van der Waals surface area contributed by atoms with Crippen LogP contribution in [0.25, 0.3) is 0 Å². The van der Waals surface area contributed by atoms with Crippen molar-refractivity contribution < 1.29 is 34.3 Å². The second-order valence-electron chi connectivity index (χ2n) is 4.94. The number of hydrogen-bond donors (Lipinski definition) is 1. The Morgan fingerprint density at radius 1 is 1.21 bits per heavy atom. The van der Waals surface area contributed by atoms with Crippen molar-refractivity contribution in [1.29, 1.82) is 0 Å². The molecule has 0 aliphatic rings. The molecular weight excluding hydrogens is 415 g/mol. The van der Waals surface area contributed by atoms with Gasteiger partial charge in [-0.15, -0.1) is 0 Å². The fraction of sp³-hybridized carbons (Fsp3) is 0.353. The molecule has 0 amide bonds. The molecule has 0 bridgehead atoms. The fourth-order valence-corrected chi connectivity index (χ4v) is 2.67. The normalized spacial score (nSPS) is 9.62. The van der Waals surface area contributed by atoms with Gasteiger partial charge in [0.15, 0.2) is 11.5 Å². The number of benzene rings is 1. The number of ether oxygens (including phenoxy) is 2. The zero-order valence-corrected chi connectivity index (χ0v) is 16.8. The first-order chi connectivity index (χ1) is 10.7. The van der Waals surface area contributed by atoms with E-state index in [0.717, 1.165) is 40.9 Å². The van der Waals surface area contributed by atoms with E-state index in [4.69, 9.17) is 9.47 Å². The molecule has 0 aliphatic carbocycles. The SMILES string of the molecule is CCCNCc1cc(Br)c(OCc2cccnc2)c(OC)c1.[Cl-].[Cl-]. The first-order valence-electron chi connectivity index (χ1n) is 7.33. The number of nitrogens with one attached hydrogen (secondary N) is 1. The van der Waals surface area contributed by atoms with Crippen LogP contribution in [0.3, 0.4) is 0 Å². The molecule has 1 heterocycles. The molecule has 0 saturated carbocycles. The van der Waals surface area contributed by atoms with Gasteiger partial charge in [0, 0.05) is 24.5 Å². The molecule has 0 spiro atoms. The number of methoxy groups -OCH3 is 1. The standard InChI is InChI=1S/C17H21BrN2O2.2ClH/c1-3-6-19-11-14-8-15(18)17(16(9-14)21-2)22-12-13-5-4-7-20-10-13;;/h4-5,7-10,19H,3,6,11-12H2,1-2H3;2*1H/p-2. The average molecular weight is 436 g/mol. The van der Waals surface area contributed by atoms with Crippen LogP contribution >= 0.6 is 15.9 Å². The maximum atomic E-state index is 5.89. The van der Waals surface area contributed by atoms with E-state index in [1.807, 2.05) is 18.2 Å². The number of pyridine rings is 1. The highest BCUT2D eigenvalue weighted by molar-refractivity contribution is 9.10. The first kappa shape index (κ1) is 23.0. The number of rotatable bonds is 8. The van der Waals surface area contributed by atoms with Gasteiger partial charge >= 0.3 is 0 Å². The molecule has 24 heavy (non-hydrogen) atoms. The Labute approximate surface area is 164 Å². The van der Waals surface area contributed by atoms with Gasteiger partial charge in [0.1, 0.15) is 6.61 Å². The second kappa shape index (κ2) is 12.4. The predicted octanol–water partition coefficient (Wildman–Crippen LogP) is -2.06. The highest BCUT2D eigenvalue weighted by Gasteiger charge is 2.12. The molecule has 1 N–H and O–H groups in total. The summed E-state index contributed by atoms with van der Waals surface area (Å²) in [7, 11) is 1.65. The summed E-state index contributed by atoms with van der Waals surface area (Å²) in [6.45, 7) is 4.42. The van der Waals surface area contributed by atoms with Gasteiger partial charge in [-0.2, -0.15) is 0 Å². The fourth-order valence-electron chi connectivity index (χ4n) is 2.06. The summed E-state index contributed by atoms with van der Waals surface area (Å²) in [5.74, 6) is 1.44. The monoisotopic (exact) mass is 434 g/mol. The maximum Gasteiger partial charge on any atom is 0.175 e. The van der Waals surface area contributed by atoms with E-state index >= 15 is 0 Å². The molecule has 0 atom stereocenters. The minimum absolute atomic E-state index is 0. The van der Waals surface area contributed by atoms with Crippen LogP contribution in [0.1, 0.15) is 24.5 Å². The Bertz CT molecular complexity index is 601. The summed E-state index contributed by atoms with van der Waals surface area (Å²) in [5.41, 5.74) is 2.18. The Morgan fingerprint density at radius 3 is 2.62 bits per heavy atom. The van der Waals surface area contributed by atoms with Gasteiger partial charge in [0.2, 0.25) is 0 Å². The predicted molar refractivity (Wildman–Crippen MR) is 91.3 cm³/mol. The lowest BCUT2D eigenvalue weighted by Gasteiger charge is -2.14. The van der Waals surface area contributed by atoms with E-state index in [0.29, 0.717) is 12.4 Å². The van der Waals surface area contributed by atoms with Crippen LogP contribution in [0.5, 0.6) is 11.5 Å². The molecule has 7 heteroatoms. The van der Waals surface area contributed by atoms with Crippen molar-refractivity contribution in [3.63, 3.8) is 0 Å². The molecule has 4 nitrogen and oxygen atoms in total. The van der Waals surface area contributed by atoms with Crippen LogP contribution in [-0.4, -0.2) is 18.6 Å². The molecule has 0 aliphatic heterocycles. The minimum Gasteiger partial charge on any atom is -1.00 e. The molecule has 134 valence electrons. The molecule has 1 aromatic heterocycles. The molecule has 0 saturated heterocycles. The van der Waals surface area contributed by atoms with Gasteiger partial charge in [-0.25, -0.2) is 0 Å². The molecule has 1 aromatic carbocycles. The van der Waals surface area contributed by atoms with Gasteiger partial charge in [-0.05, 0) is 52.7 Å². The zero-order valence-electron chi connectivity index (χ0n) is 13.7. The summed E-state index contributed by atoms with van der Waals surface area (Å²) in [5, 5.41) is 3.38. The van der Waals surface area contributed by atoms with E-state index in [-0.39, 0.29) is 24.8 Å². The van der Waals surface area contributed by atoms with Crippen molar-refractivity contribution in [3.8, 4) is 11.5 Å². The second-order valence-corrected chi connectivity index (χ2v) is 5.79. The highest BCUT2D eigenvalue weighted by Crippen LogP contribution is 2.37. The number of aromatic nitrogens is 1. The van der Waals surface area contributed by atoms with Crippen molar-refractivity contribution in [1.82, 2.24) is 10.3 Å². The molecular formula is C17H21BrCl2N2O2-2. The van der Waals surface area contributed by atoms with Crippen LogP contribution < -0.4 is 39.6 Å². The van der Waals surface area contributed by atoms with E-state index in [1.165, 1.54) is 0 Å². The molecule has 2 rings (SSSR count). The third kappa shape index (κ3) is 6.85. The smallest absolute Gasteiger partial charge is 0.175 e. The van der Waals surface area contributed by atoms with E-state index in [2.05, 4.69) is 39.2 Å². The van der Waals surface area contributed by atoms with Crippen LogP contribution in [0, 0.1) is 0 Å². The van der Waals surface area contributed by atoms with E-state index < -0.39 is 0 Å². The van der Waals surface area contributed by atoms with Crippen molar-refractivity contribution in [3.05, 3.63) is 52.3 Å². The number of hydrogen-bond acceptors (Lipinski definition) is 4. The summed E-state index contributed by atoms with van der Waals surface area (Å²) in [6, 6.07) is 7.94. The molecule has 0 unspecified atom stereocenters. The highest BCUT2D eigenvalue weighted by atomic mass is 79.9. The number of nitrogens with zero attached hydrogens (tertiary/aromatic N) is 1. The van der Waals surface area contributed by atoms with Crippen molar-refractivity contribution in [2.75, 3.05) is 13.7 Å². The topological polar surface area (TPSA) is 43.4 Å². The summed E-state index contributed by atoms with van der Waals surface area (Å²) in [4.78, 5) is 4.09. The van der Waals surface area contributed by atoms with E-state index in [9.17, 15) is 0 Å². The van der Waals surface area contributed by atoms with Gasteiger partial charge < -0.3 is 39.6 Å². The minimum atomic E-state index is 0. The average Bonchev–Trinajstić information content (AvgIpc) is 2.54. The lowest BCUT2D eigenvalue weighted by atomic mass is 10.2. The van der Waals surface area contributed by atoms with Crippen molar-refractivity contribution >= 4 is 15.9 Å². The van der Waals surface area contributed by atoms with E-state index in [1.54, 1.807) is 19.5 Å². The Balaban J connectivity index is 0.00000264. The number of halogens is 3. The quantitative estimate of drug-likeness (QED) is 0.484. The first-order valence-corrected chi connectivity index (χ1v) is 8.12. The summed E-state index contributed by atoms with van der Waals surface area (Å²) < 4.78 is 12.2. The van der Waals surface area contributed by atoms with Crippen molar-refractivity contribution in [2.45, 2.75) is 26.5 Å². The largest absolute Gasteiger partial charge is 1.00 e. The van der Waals surface area contributed by atoms with Crippen LogP contribution in [-0.2, 0) is 13.2 Å². The molecule has 2 aromatic rings. The Hall–Kier alpha value is -1.01. The van der Waals surface area contributed by atoms with Gasteiger partial charge in [0.05, 0.1) is 11.6 Å². The summed E-state index contributed by atoms with van der Waals surface area (Å²) in [6.07, 6.45) is 4.66. The molecule has 0 radical (unpaired) electrons. The van der Waals surface area contributed by atoms with Crippen LogP contribution in [0.2, 0.25) is 0 Å². The van der Waals surface area contributed by atoms with Gasteiger partial charge in [0.25, 0.3) is 0 Å². The maximum absolute atomic E-state index is 5.89. The Kier molecular flexibility index (Phi) is 11.8. The third-order valence-electron chi connectivity index (χ3n) is 3.15. The van der Waals surface area contributed by atoms with Crippen LogP contribution in [0.15, 0.2) is 41.1 Å². The summed E-state index contributed by atoms with van der Waals surface area (Å²) >= 11 is 3.57. The molecule has 0 fully saturated rings. The van der Waals surface area contributed by atoms with Crippen molar-refractivity contribution in [2.24, 2.45) is 0 Å². The van der Waals surface area contributed by atoms with Gasteiger partial charge in [-0.1, -0.05) is 13.0 Å². The Morgan fingerprint density at radius 2 is 2.00 bits per heavy atom. The lowest BCUT2D eigenvalue weighted by Crippen LogP contribution is -3.00. The zero-order chi connectivity index (χ0) is 15.8. The van der Waals surface area contributed by atoms with Gasteiger partial charge in [-0.3, -0.25) is 4.98 Å². The lowest BCUT2D eigenvalue weighted by molar-refractivity contribution is -0.00100. The van der Waals surface area contributed by atoms with Crippen LogP contribution in [0.4, 0.5) is 0 Å².